The average molecular weight is 286 g/mol. The molecule has 0 aliphatic heterocycles. The lowest BCUT2D eigenvalue weighted by molar-refractivity contribution is -0.385. The van der Waals surface area contributed by atoms with Gasteiger partial charge in [0.2, 0.25) is 0 Å². The molecule has 2 aromatic rings. The fraction of sp³-hybridized carbons (Fsp3) is 0.250. The topological polar surface area (TPSA) is 64.4 Å². The largest absolute Gasteiger partial charge is 0.457 e. The van der Waals surface area contributed by atoms with Crippen LogP contribution in [0, 0.1) is 24.0 Å². The Morgan fingerprint density at radius 2 is 1.86 bits per heavy atom. The van der Waals surface area contributed by atoms with Crippen LogP contribution in [0.2, 0.25) is 0 Å². The quantitative estimate of drug-likeness (QED) is 0.672. The number of rotatable bonds is 5. The Morgan fingerprint density at radius 3 is 2.52 bits per heavy atom. The molecule has 0 aromatic heterocycles. The first kappa shape index (κ1) is 15.0. The predicted molar refractivity (Wildman–Crippen MR) is 81.9 cm³/mol. The van der Waals surface area contributed by atoms with Gasteiger partial charge in [-0.2, -0.15) is 0 Å². The summed E-state index contributed by atoms with van der Waals surface area (Å²) in [6, 6.07) is 11.0. The van der Waals surface area contributed by atoms with Crippen LogP contribution in [0.1, 0.15) is 16.7 Å². The summed E-state index contributed by atoms with van der Waals surface area (Å²) in [6.07, 6.45) is 0. The van der Waals surface area contributed by atoms with Gasteiger partial charge in [-0.15, -0.1) is 0 Å². The zero-order chi connectivity index (χ0) is 15.4. The van der Waals surface area contributed by atoms with Gasteiger partial charge in [0.15, 0.2) is 0 Å². The Labute approximate surface area is 123 Å². The zero-order valence-electron chi connectivity index (χ0n) is 12.3. The van der Waals surface area contributed by atoms with Crippen LogP contribution in [-0.4, -0.2) is 12.0 Å². The molecule has 5 heteroatoms. The maximum atomic E-state index is 10.9. The average Bonchev–Trinajstić information content (AvgIpc) is 2.44. The lowest BCUT2D eigenvalue weighted by atomic mass is 10.1. The number of nitrogens with one attached hydrogen (secondary N) is 1. The molecule has 1 N–H and O–H groups in total. The normalized spacial score (nSPS) is 10.4. The number of nitro groups is 1. The molecule has 0 atom stereocenters. The van der Waals surface area contributed by atoms with E-state index in [1.165, 1.54) is 0 Å². The van der Waals surface area contributed by atoms with Crippen LogP contribution < -0.4 is 10.1 Å². The second kappa shape index (κ2) is 6.37. The van der Waals surface area contributed by atoms with E-state index >= 15 is 0 Å². The zero-order valence-corrected chi connectivity index (χ0v) is 12.3. The molecule has 110 valence electrons. The fourth-order valence-corrected chi connectivity index (χ4v) is 2.14. The standard InChI is InChI=1S/C16H18N2O3/c1-11-9-16(12(2)8-14(11)18(19)20)21-15-7-5-4-6-13(15)10-17-3/h4-9,17H,10H2,1-3H3. The third-order valence-corrected chi connectivity index (χ3v) is 3.25. The molecule has 0 radical (unpaired) electrons. The number of ether oxygens (including phenoxy) is 1. The van der Waals surface area contributed by atoms with Gasteiger partial charge in [-0.25, -0.2) is 0 Å². The van der Waals surface area contributed by atoms with E-state index in [2.05, 4.69) is 5.32 Å². The number of aryl methyl sites for hydroxylation is 2. The SMILES string of the molecule is CNCc1ccccc1Oc1cc(C)c([N+](=O)[O-])cc1C. The van der Waals surface area contributed by atoms with E-state index in [0.29, 0.717) is 17.9 Å². The molecule has 0 heterocycles. The van der Waals surface area contributed by atoms with Gasteiger partial charge in [-0.1, -0.05) is 18.2 Å². The van der Waals surface area contributed by atoms with Crippen molar-refractivity contribution in [3.63, 3.8) is 0 Å². The van der Waals surface area contributed by atoms with Crippen molar-refractivity contribution in [2.45, 2.75) is 20.4 Å². The molecule has 2 rings (SSSR count). The van der Waals surface area contributed by atoms with Gasteiger partial charge in [0.25, 0.3) is 5.69 Å². The molecular weight excluding hydrogens is 268 g/mol. The van der Waals surface area contributed by atoms with Crippen molar-refractivity contribution >= 4 is 5.69 Å². The van der Waals surface area contributed by atoms with Crippen molar-refractivity contribution in [2.24, 2.45) is 0 Å². The minimum Gasteiger partial charge on any atom is -0.457 e. The Bertz CT molecular complexity index is 669. The second-order valence-corrected chi connectivity index (χ2v) is 4.90. The summed E-state index contributed by atoms with van der Waals surface area (Å²) >= 11 is 0. The third-order valence-electron chi connectivity index (χ3n) is 3.25. The monoisotopic (exact) mass is 286 g/mol. The number of nitrogens with zero attached hydrogens (tertiary/aromatic N) is 1. The molecule has 5 nitrogen and oxygen atoms in total. The minimum atomic E-state index is -0.374. The van der Waals surface area contributed by atoms with E-state index in [1.807, 2.05) is 38.2 Å². The van der Waals surface area contributed by atoms with Crippen molar-refractivity contribution in [2.75, 3.05) is 7.05 Å². The fourth-order valence-electron chi connectivity index (χ4n) is 2.14. The van der Waals surface area contributed by atoms with Crippen LogP contribution in [0.25, 0.3) is 0 Å². The summed E-state index contributed by atoms with van der Waals surface area (Å²) in [5.41, 5.74) is 2.48. The van der Waals surface area contributed by atoms with Gasteiger partial charge in [0, 0.05) is 23.7 Å². The minimum absolute atomic E-state index is 0.114. The van der Waals surface area contributed by atoms with Gasteiger partial charge < -0.3 is 10.1 Å². The van der Waals surface area contributed by atoms with E-state index in [4.69, 9.17) is 4.74 Å². The molecule has 0 saturated heterocycles. The molecule has 0 spiro atoms. The highest BCUT2D eigenvalue weighted by atomic mass is 16.6. The van der Waals surface area contributed by atoms with Gasteiger partial charge in [0.05, 0.1) is 4.92 Å². The Kier molecular flexibility index (Phi) is 4.55. The lowest BCUT2D eigenvalue weighted by Crippen LogP contribution is -2.06. The molecule has 0 amide bonds. The molecular formula is C16H18N2O3. The lowest BCUT2D eigenvalue weighted by Gasteiger charge is -2.13. The predicted octanol–water partition coefficient (Wildman–Crippen LogP) is 3.72. The highest BCUT2D eigenvalue weighted by Crippen LogP contribution is 2.32. The van der Waals surface area contributed by atoms with Crippen LogP contribution >= 0.6 is 0 Å². The van der Waals surface area contributed by atoms with Crippen LogP contribution in [0.5, 0.6) is 11.5 Å². The first-order chi connectivity index (χ1) is 10.0. The van der Waals surface area contributed by atoms with E-state index < -0.39 is 0 Å². The summed E-state index contributed by atoms with van der Waals surface area (Å²) in [4.78, 5) is 10.6. The van der Waals surface area contributed by atoms with Crippen molar-refractivity contribution in [3.8, 4) is 11.5 Å². The molecule has 0 aliphatic rings. The van der Waals surface area contributed by atoms with Crippen molar-refractivity contribution in [1.82, 2.24) is 5.32 Å². The number of para-hydroxylation sites is 1. The maximum absolute atomic E-state index is 10.9. The van der Waals surface area contributed by atoms with E-state index in [9.17, 15) is 10.1 Å². The first-order valence-corrected chi connectivity index (χ1v) is 6.69. The summed E-state index contributed by atoms with van der Waals surface area (Å²) in [6.45, 7) is 4.22. The Hall–Kier alpha value is -2.40. The summed E-state index contributed by atoms with van der Waals surface area (Å²) in [5.74, 6) is 1.39. The van der Waals surface area contributed by atoms with Crippen LogP contribution in [-0.2, 0) is 6.54 Å². The molecule has 0 bridgehead atoms. The summed E-state index contributed by atoms with van der Waals surface area (Å²) in [5, 5.41) is 14.0. The highest BCUT2D eigenvalue weighted by Gasteiger charge is 2.15. The van der Waals surface area contributed by atoms with Crippen LogP contribution in [0.4, 0.5) is 5.69 Å². The molecule has 0 aliphatic carbocycles. The first-order valence-electron chi connectivity index (χ1n) is 6.69. The second-order valence-electron chi connectivity index (χ2n) is 4.90. The smallest absolute Gasteiger partial charge is 0.272 e. The van der Waals surface area contributed by atoms with Gasteiger partial charge in [0.1, 0.15) is 11.5 Å². The van der Waals surface area contributed by atoms with E-state index in [-0.39, 0.29) is 10.6 Å². The molecule has 0 fully saturated rings. The van der Waals surface area contributed by atoms with Crippen LogP contribution in [0.15, 0.2) is 36.4 Å². The molecule has 0 unspecified atom stereocenters. The molecule has 2 aromatic carbocycles. The Morgan fingerprint density at radius 1 is 1.14 bits per heavy atom. The number of benzene rings is 2. The number of hydrogen-bond donors (Lipinski definition) is 1. The molecule has 21 heavy (non-hydrogen) atoms. The van der Waals surface area contributed by atoms with Crippen molar-refractivity contribution in [3.05, 3.63) is 63.2 Å². The van der Waals surface area contributed by atoms with Crippen molar-refractivity contribution < 1.29 is 9.66 Å². The van der Waals surface area contributed by atoms with Crippen molar-refractivity contribution in [1.29, 1.82) is 0 Å². The van der Waals surface area contributed by atoms with Gasteiger partial charge in [-0.3, -0.25) is 10.1 Å². The number of nitro benzene ring substituents is 1. The molecule has 0 saturated carbocycles. The summed E-state index contributed by atoms with van der Waals surface area (Å²) < 4.78 is 5.95. The Balaban J connectivity index is 2.36. The van der Waals surface area contributed by atoms with Gasteiger partial charge in [-0.05, 0) is 38.6 Å². The van der Waals surface area contributed by atoms with Crippen LogP contribution in [0.3, 0.4) is 0 Å². The van der Waals surface area contributed by atoms with E-state index in [1.54, 1.807) is 19.1 Å². The third kappa shape index (κ3) is 3.38. The number of hydrogen-bond acceptors (Lipinski definition) is 4. The van der Waals surface area contributed by atoms with Gasteiger partial charge >= 0.3 is 0 Å². The summed E-state index contributed by atoms with van der Waals surface area (Å²) in [7, 11) is 1.87. The van der Waals surface area contributed by atoms with E-state index in [0.717, 1.165) is 16.9 Å². The highest BCUT2D eigenvalue weighted by molar-refractivity contribution is 5.51. The maximum Gasteiger partial charge on any atom is 0.272 e.